The van der Waals surface area contributed by atoms with Crippen molar-refractivity contribution in [3.63, 3.8) is 0 Å². The van der Waals surface area contributed by atoms with E-state index in [1.54, 1.807) is 0 Å². The first kappa shape index (κ1) is 23.5. The second kappa shape index (κ2) is 11.0. The Labute approximate surface area is 212 Å². The highest BCUT2D eigenvalue weighted by Gasteiger charge is 2.20. The fourth-order valence-electron chi connectivity index (χ4n) is 4.49. The van der Waals surface area contributed by atoms with Crippen LogP contribution in [0, 0.1) is 6.92 Å². The lowest BCUT2D eigenvalue weighted by Crippen LogP contribution is -2.46. The van der Waals surface area contributed by atoms with Crippen molar-refractivity contribution in [2.24, 2.45) is 0 Å². The van der Waals surface area contributed by atoms with E-state index in [1.165, 1.54) is 5.56 Å². The van der Waals surface area contributed by atoms with E-state index in [1.807, 2.05) is 41.1 Å². The summed E-state index contributed by atoms with van der Waals surface area (Å²) in [5.74, 6) is 1.87. The third-order valence-corrected chi connectivity index (χ3v) is 6.73. The predicted octanol–water partition coefficient (Wildman–Crippen LogP) is 5.79. The molecule has 0 atom stereocenters. The van der Waals surface area contributed by atoms with Crippen molar-refractivity contribution in [1.29, 1.82) is 0 Å². The van der Waals surface area contributed by atoms with Gasteiger partial charge in [0.25, 0.3) is 0 Å². The molecule has 0 bridgehead atoms. The Morgan fingerprint density at radius 2 is 1.49 bits per heavy atom. The second-order valence-electron chi connectivity index (χ2n) is 9.08. The fourth-order valence-corrected chi connectivity index (χ4v) is 4.69. The van der Waals surface area contributed by atoms with E-state index in [0.29, 0.717) is 18.2 Å². The molecule has 0 unspecified atom stereocenters. The predicted molar refractivity (Wildman–Crippen MR) is 142 cm³/mol. The number of aryl methyl sites for hydroxylation is 1. The molecule has 1 saturated heterocycles. The molecule has 5 rings (SSSR count). The molecule has 1 aliphatic rings. The fraction of sp³-hybridized carbons (Fsp3) is 0.276. The number of nitrogens with zero attached hydrogens (tertiary/aromatic N) is 4. The first-order valence-electron chi connectivity index (χ1n) is 12.1. The van der Waals surface area contributed by atoms with Gasteiger partial charge >= 0.3 is 0 Å². The van der Waals surface area contributed by atoms with Gasteiger partial charge in [-0.05, 0) is 36.2 Å². The van der Waals surface area contributed by atoms with Crippen LogP contribution in [0.25, 0.3) is 0 Å². The Balaban J connectivity index is 1.23. The summed E-state index contributed by atoms with van der Waals surface area (Å²) in [7, 11) is 0. The van der Waals surface area contributed by atoms with E-state index in [9.17, 15) is 0 Å². The maximum atomic E-state index is 6.34. The normalized spacial score (nSPS) is 14.3. The zero-order valence-electron chi connectivity index (χ0n) is 20.1. The number of piperazine rings is 1. The van der Waals surface area contributed by atoms with Crippen LogP contribution in [0.3, 0.4) is 0 Å². The summed E-state index contributed by atoms with van der Waals surface area (Å²) in [6, 6.07) is 28.9. The van der Waals surface area contributed by atoms with Crippen LogP contribution >= 0.6 is 11.6 Å². The van der Waals surface area contributed by atoms with Crippen LogP contribution in [0.2, 0.25) is 5.02 Å². The van der Waals surface area contributed by atoms with Gasteiger partial charge < -0.3 is 9.64 Å². The molecular formula is C29H31ClN4O. The number of hydrogen-bond donors (Lipinski definition) is 0. The zero-order chi connectivity index (χ0) is 24.0. The Morgan fingerprint density at radius 3 is 2.20 bits per heavy atom. The Hall–Kier alpha value is -3.28. The smallest absolute Gasteiger partial charge is 0.150 e. The van der Waals surface area contributed by atoms with Gasteiger partial charge in [-0.25, -0.2) is 0 Å². The molecule has 0 N–H and O–H groups in total. The third kappa shape index (κ3) is 6.05. The van der Waals surface area contributed by atoms with Crippen LogP contribution in [-0.4, -0.2) is 40.9 Å². The number of halogens is 1. The summed E-state index contributed by atoms with van der Waals surface area (Å²) in [6.45, 7) is 8.27. The molecule has 35 heavy (non-hydrogen) atoms. The van der Waals surface area contributed by atoms with Crippen LogP contribution in [0.15, 0.2) is 84.9 Å². The number of rotatable bonds is 8. The van der Waals surface area contributed by atoms with Gasteiger partial charge in [0.05, 0.1) is 6.54 Å². The van der Waals surface area contributed by atoms with E-state index < -0.39 is 0 Å². The molecular weight excluding hydrogens is 456 g/mol. The maximum absolute atomic E-state index is 6.34. The molecule has 0 spiro atoms. The molecule has 4 aromatic rings. The lowest BCUT2D eigenvalue weighted by atomic mass is 10.2. The summed E-state index contributed by atoms with van der Waals surface area (Å²) in [5, 5.41) is 5.65. The lowest BCUT2D eigenvalue weighted by Gasteiger charge is -2.34. The van der Waals surface area contributed by atoms with E-state index in [0.717, 1.165) is 61.1 Å². The highest BCUT2D eigenvalue weighted by Crippen LogP contribution is 2.26. The minimum absolute atomic E-state index is 0.520. The van der Waals surface area contributed by atoms with Gasteiger partial charge in [0.15, 0.2) is 5.82 Å². The average Bonchev–Trinajstić information content (AvgIpc) is 3.25. The van der Waals surface area contributed by atoms with Crippen LogP contribution in [-0.2, 0) is 19.7 Å². The molecule has 0 aliphatic carbocycles. The number of hydrogen-bond acceptors (Lipinski definition) is 4. The average molecular weight is 487 g/mol. The summed E-state index contributed by atoms with van der Waals surface area (Å²) >= 11 is 6.34. The van der Waals surface area contributed by atoms with Crippen molar-refractivity contribution >= 4 is 17.4 Å². The largest absolute Gasteiger partial charge is 0.489 e. The number of benzene rings is 3. The minimum atomic E-state index is 0.520. The SMILES string of the molecule is Cc1cc(N2CCN(Cc3ccccc3)CC2)nn1Cc1cc(Cl)ccc1OCc1ccccc1. The standard InChI is InChI=1S/C29H31ClN4O/c1-23-18-29(33-16-14-32(15-17-33)20-24-8-4-2-5-9-24)31-34(23)21-26-19-27(30)12-13-28(26)35-22-25-10-6-3-7-11-25/h2-13,18-19H,14-17,20-22H2,1H3. The molecule has 1 fully saturated rings. The lowest BCUT2D eigenvalue weighted by molar-refractivity contribution is 0.249. The zero-order valence-corrected chi connectivity index (χ0v) is 20.9. The monoisotopic (exact) mass is 486 g/mol. The number of ether oxygens (including phenoxy) is 1. The summed E-state index contributed by atoms with van der Waals surface area (Å²) in [5.41, 5.74) is 4.66. The quantitative estimate of drug-likeness (QED) is 0.315. The minimum Gasteiger partial charge on any atom is -0.489 e. The Morgan fingerprint density at radius 1 is 0.800 bits per heavy atom. The molecule has 0 saturated carbocycles. The molecule has 1 aliphatic heterocycles. The van der Waals surface area contributed by atoms with Gasteiger partial charge in [-0.3, -0.25) is 9.58 Å². The molecule has 6 heteroatoms. The van der Waals surface area contributed by atoms with Crippen LogP contribution in [0.1, 0.15) is 22.4 Å². The van der Waals surface area contributed by atoms with Crippen LogP contribution < -0.4 is 9.64 Å². The van der Waals surface area contributed by atoms with Crippen molar-refractivity contribution in [2.75, 3.05) is 31.1 Å². The molecule has 0 radical (unpaired) electrons. The van der Waals surface area contributed by atoms with Crippen LogP contribution in [0.5, 0.6) is 5.75 Å². The highest BCUT2D eigenvalue weighted by atomic mass is 35.5. The summed E-state index contributed by atoms with van der Waals surface area (Å²) in [4.78, 5) is 4.90. The van der Waals surface area contributed by atoms with E-state index >= 15 is 0 Å². The van der Waals surface area contributed by atoms with Gasteiger partial charge in [0, 0.05) is 55.1 Å². The number of aromatic nitrogens is 2. The van der Waals surface area contributed by atoms with Gasteiger partial charge in [0.2, 0.25) is 0 Å². The van der Waals surface area contributed by atoms with Gasteiger partial charge in [0.1, 0.15) is 12.4 Å². The topological polar surface area (TPSA) is 33.5 Å². The van der Waals surface area contributed by atoms with Crippen molar-refractivity contribution in [3.05, 3.63) is 112 Å². The molecule has 2 heterocycles. The van der Waals surface area contributed by atoms with Crippen molar-refractivity contribution in [2.45, 2.75) is 26.6 Å². The highest BCUT2D eigenvalue weighted by molar-refractivity contribution is 6.30. The molecule has 1 aromatic heterocycles. The third-order valence-electron chi connectivity index (χ3n) is 6.49. The maximum Gasteiger partial charge on any atom is 0.150 e. The molecule has 5 nitrogen and oxygen atoms in total. The van der Waals surface area contributed by atoms with E-state index in [2.05, 4.69) is 65.3 Å². The van der Waals surface area contributed by atoms with Crippen molar-refractivity contribution < 1.29 is 4.74 Å². The first-order chi connectivity index (χ1) is 17.1. The Bertz CT molecular complexity index is 1230. The molecule has 180 valence electrons. The van der Waals surface area contributed by atoms with Gasteiger partial charge in [-0.1, -0.05) is 72.3 Å². The molecule has 0 amide bonds. The first-order valence-corrected chi connectivity index (χ1v) is 12.5. The van der Waals surface area contributed by atoms with Gasteiger partial charge in [-0.15, -0.1) is 0 Å². The van der Waals surface area contributed by atoms with Crippen molar-refractivity contribution in [1.82, 2.24) is 14.7 Å². The summed E-state index contributed by atoms with van der Waals surface area (Å²) < 4.78 is 8.21. The van der Waals surface area contributed by atoms with E-state index in [-0.39, 0.29) is 0 Å². The Kier molecular flexibility index (Phi) is 7.36. The van der Waals surface area contributed by atoms with Crippen molar-refractivity contribution in [3.8, 4) is 5.75 Å². The second-order valence-corrected chi connectivity index (χ2v) is 9.51. The molecule has 3 aromatic carbocycles. The van der Waals surface area contributed by atoms with E-state index in [4.69, 9.17) is 21.4 Å². The van der Waals surface area contributed by atoms with Gasteiger partial charge in [-0.2, -0.15) is 5.10 Å². The summed E-state index contributed by atoms with van der Waals surface area (Å²) in [6.07, 6.45) is 0. The number of anilines is 1. The van der Waals surface area contributed by atoms with Crippen LogP contribution in [0.4, 0.5) is 5.82 Å².